The van der Waals surface area contributed by atoms with Crippen LogP contribution < -0.4 is 0 Å². The highest BCUT2D eigenvalue weighted by Gasteiger charge is 2.06. The first kappa shape index (κ1) is 10.2. The van der Waals surface area contributed by atoms with Gasteiger partial charge in [0.15, 0.2) is 0 Å². The molecule has 0 saturated carbocycles. The van der Waals surface area contributed by atoms with E-state index in [0.29, 0.717) is 0 Å². The molecule has 0 aliphatic carbocycles. The predicted octanol–water partition coefficient (Wildman–Crippen LogP) is 2.79. The molecule has 2 rings (SSSR count). The van der Waals surface area contributed by atoms with E-state index in [1.807, 2.05) is 6.92 Å². The summed E-state index contributed by atoms with van der Waals surface area (Å²) in [6.45, 7) is 3.96. The molecule has 0 aliphatic heterocycles. The minimum absolute atomic E-state index is 0.223. The van der Waals surface area contributed by atoms with E-state index in [9.17, 15) is 5.11 Å². The summed E-state index contributed by atoms with van der Waals surface area (Å²) in [5.74, 6) is 0. The summed E-state index contributed by atoms with van der Waals surface area (Å²) in [5, 5.41) is 10.6. The Morgan fingerprint density at radius 2 is 2.20 bits per heavy atom. The molecule has 2 aromatic rings. The zero-order valence-electron chi connectivity index (χ0n) is 9.25. The van der Waals surface area contributed by atoms with Gasteiger partial charge in [-0.1, -0.05) is 12.1 Å². The quantitative estimate of drug-likeness (QED) is 0.790. The highest BCUT2D eigenvalue weighted by Crippen LogP contribution is 2.23. The predicted molar refractivity (Wildman–Crippen MR) is 63.0 cm³/mol. The minimum Gasteiger partial charge on any atom is -0.393 e. The Bertz CT molecular complexity index is 457. The second-order valence-electron chi connectivity index (χ2n) is 4.20. The van der Waals surface area contributed by atoms with E-state index in [0.717, 1.165) is 12.8 Å². The van der Waals surface area contributed by atoms with Crippen LogP contribution in [-0.2, 0) is 6.42 Å². The number of H-pyrrole nitrogens is 1. The molecule has 1 aromatic heterocycles. The van der Waals surface area contributed by atoms with Crippen molar-refractivity contribution in [3.8, 4) is 0 Å². The number of aromatic nitrogens is 1. The van der Waals surface area contributed by atoms with Crippen molar-refractivity contribution in [2.45, 2.75) is 32.8 Å². The highest BCUT2D eigenvalue weighted by molar-refractivity contribution is 5.86. The van der Waals surface area contributed by atoms with Gasteiger partial charge in [-0.15, -0.1) is 0 Å². The van der Waals surface area contributed by atoms with E-state index in [4.69, 9.17) is 0 Å². The van der Waals surface area contributed by atoms with E-state index in [2.05, 4.69) is 36.3 Å². The fourth-order valence-corrected chi connectivity index (χ4v) is 2.01. The Kier molecular flexibility index (Phi) is 2.78. The van der Waals surface area contributed by atoms with Gasteiger partial charge in [0.25, 0.3) is 0 Å². The molecule has 0 aliphatic rings. The number of aliphatic hydroxyl groups is 1. The number of aromatic amines is 1. The third kappa shape index (κ3) is 2.05. The monoisotopic (exact) mass is 203 g/mol. The molecule has 0 spiro atoms. The van der Waals surface area contributed by atoms with Crippen molar-refractivity contribution in [3.63, 3.8) is 0 Å². The normalized spacial score (nSPS) is 13.3. The Labute approximate surface area is 89.9 Å². The molecule has 2 nitrogen and oxygen atoms in total. The first-order chi connectivity index (χ1) is 7.18. The summed E-state index contributed by atoms with van der Waals surface area (Å²) in [4.78, 5) is 3.27. The number of aliphatic hydroxyl groups excluding tert-OH is 1. The first-order valence-corrected chi connectivity index (χ1v) is 5.42. The van der Waals surface area contributed by atoms with Crippen LogP contribution in [0, 0.1) is 6.92 Å². The molecule has 2 N–H and O–H groups in total. The van der Waals surface area contributed by atoms with Crippen LogP contribution in [-0.4, -0.2) is 16.2 Å². The van der Waals surface area contributed by atoms with Gasteiger partial charge < -0.3 is 10.1 Å². The fourth-order valence-electron chi connectivity index (χ4n) is 2.01. The Hall–Kier alpha value is -1.28. The number of nitrogens with one attached hydrogen (secondary N) is 1. The maximum atomic E-state index is 9.28. The third-order valence-electron chi connectivity index (χ3n) is 2.83. The van der Waals surface area contributed by atoms with E-state index >= 15 is 0 Å². The molecule has 80 valence electrons. The molecule has 0 bridgehead atoms. The maximum Gasteiger partial charge on any atom is 0.0515 e. The summed E-state index contributed by atoms with van der Waals surface area (Å²) < 4.78 is 0. The molecule has 1 aromatic carbocycles. The second-order valence-corrected chi connectivity index (χ2v) is 4.20. The van der Waals surface area contributed by atoms with Crippen molar-refractivity contribution < 1.29 is 5.11 Å². The fraction of sp³-hybridized carbons (Fsp3) is 0.385. The lowest BCUT2D eigenvalue weighted by Crippen LogP contribution is -2.01. The van der Waals surface area contributed by atoms with Crippen LogP contribution in [0.4, 0.5) is 0 Å². The van der Waals surface area contributed by atoms with E-state index < -0.39 is 0 Å². The van der Waals surface area contributed by atoms with Gasteiger partial charge in [-0.2, -0.15) is 0 Å². The third-order valence-corrected chi connectivity index (χ3v) is 2.83. The average molecular weight is 203 g/mol. The molecule has 1 heterocycles. The number of aryl methyl sites for hydroxylation is 2. The molecule has 0 unspecified atom stereocenters. The molecule has 0 radical (unpaired) electrons. The Balaban J connectivity index is 2.35. The molecule has 0 fully saturated rings. The molecular weight excluding hydrogens is 186 g/mol. The van der Waals surface area contributed by atoms with Crippen molar-refractivity contribution in [3.05, 3.63) is 35.5 Å². The topological polar surface area (TPSA) is 36.0 Å². The van der Waals surface area contributed by atoms with Crippen molar-refractivity contribution in [2.75, 3.05) is 0 Å². The molecule has 1 atom stereocenters. The van der Waals surface area contributed by atoms with Crippen LogP contribution in [0.2, 0.25) is 0 Å². The summed E-state index contributed by atoms with van der Waals surface area (Å²) in [6, 6.07) is 6.28. The zero-order chi connectivity index (χ0) is 10.8. The first-order valence-electron chi connectivity index (χ1n) is 5.42. The molecule has 2 heteroatoms. The van der Waals surface area contributed by atoms with Gasteiger partial charge in [-0.05, 0) is 43.9 Å². The van der Waals surface area contributed by atoms with Crippen molar-refractivity contribution >= 4 is 10.9 Å². The van der Waals surface area contributed by atoms with Crippen molar-refractivity contribution in [2.24, 2.45) is 0 Å². The molecular formula is C13H17NO. The van der Waals surface area contributed by atoms with Gasteiger partial charge >= 0.3 is 0 Å². The highest BCUT2D eigenvalue weighted by atomic mass is 16.3. The molecule has 0 amide bonds. The molecule has 15 heavy (non-hydrogen) atoms. The van der Waals surface area contributed by atoms with Crippen LogP contribution in [0.1, 0.15) is 24.5 Å². The zero-order valence-corrected chi connectivity index (χ0v) is 9.25. The van der Waals surface area contributed by atoms with Gasteiger partial charge in [-0.3, -0.25) is 0 Å². The van der Waals surface area contributed by atoms with E-state index in [1.165, 1.54) is 22.0 Å². The standard InChI is InChI=1S/C13H17NO/c1-9-4-3-5-12-13(9)11(8-14-12)7-6-10(2)15/h3-5,8,10,14-15H,6-7H2,1-2H3/t10-/m1/s1. The van der Waals surface area contributed by atoms with Crippen LogP contribution in [0.25, 0.3) is 10.9 Å². The lowest BCUT2D eigenvalue weighted by molar-refractivity contribution is 0.185. The summed E-state index contributed by atoms with van der Waals surface area (Å²) in [6.07, 6.45) is 3.59. The average Bonchev–Trinajstić information content (AvgIpc) is 2.59. The van der Waals surface area contributed by atoms with E-state index in [-0.39, 0.29) is 6.10 Å². The largest absolute Gasteiger partial charge is 0.393 e. The Morgan fingerprint density at radius 3 is 2.93 bits per heavy atom. The number of hydrogen-bond donors (Lipinski definition) is 2. The van der Waals surface area contributed by atoms with Gasteiger partial charge in [0.05, 0.1) is 6.10 Å². The van der Waals surface area contributed by atoms with Gasteiger partial charge in [0, 0.05) is 17.1 Å². The second kappa shape index (κ2) is 4.07. The van der Waals surface area contributed by atoms with Gasteiger partial charge in [-0.25, -0.2) is 0 Å². The lowest BCUT2D eigenvalue weighted by Gasteiger charge is -2.04. The summed E-state index contributed by atoms with van der Waals surface area (Å²) in [5.41, 5.74) is 3.80. The lowest BCUT2D eigenvalue weighted by atomic mass is 10.0. The Morgan fingerprint density at radius 1 is 1.40 bits per heavy atom. The number of benzene rings is 1. The number of fused-ring (bicyclic) bond motifs is 1. The molecule has 0 saturated heterocycles. The van der Waals surface area contributed by atoms with Crippen LogP contribution >= 0.6 is 0 Å². The van der Waals surface area contributed by atoms with Gasteiger partial charge in [0.2, 0.25) is 0 Å². The maximum absolute atomic E-state index is 9.28. The van der Waals surface area contributed by atoms with Crippen LogP contribution in [0.3, 0.4) is 0 Å². The number of hydrogen-bond acceptors (Lipinski definition) is 1. The van der Waals surface area contributed by atoms with Crippen molar-refractivity contribution in [1.29, 1.82) is 0 Å². The number of rotatable bonds is 3. The summed E-state index contributed by atoms with van der Waals surface area (Å²) >= 11 is 0. The van der Waals surface area contributed by atoms with Crippen LogP contribution in [0.15, 0.2) is 24.4 Å². The van der Waals surface area contributed by atoms with Crippen molar-refractivity contribution in [1.82, 2.24) is 4.98 Å². The van der Waals surface area contributed by atoms with Crippen LogP contribution in [0.5, 0.6) is 0 Å². The van der Waals surface area contributed by atoms with E-state index in [1.54, 1.807) is 0 Å². The smallest absolute Gasteiger partial charge is 0.0515 e. The van der Waals surface area contributed by atoms with Gasteiger partial charge in [0.1, 0.15) is 0 Å². The minimum atomic E-state index is -0.223. The summed E-state index contributed by atoms with van der Waals surface area (Å²) in [7, 11) is 0. The SMILES string of the molecule is Cc1cccc2[nH]cc(CC[C@@H](C)O)c12.